The van der Waals surface area contributed by atoms with E-state index in [1.54, 1.807) is 37.3 Å². The van der Waals surface area contributed by atoms with E-state index < -0.39 is 17.8 Å². The summed E-state index contributed by atoms with van der Waals surface area (Å²) in [5, 5.41) is 2.24. The summed E-state index contributed by atoms with van der Waals surface area (Å²) in [5.74, 6) is -0.356. The molecule has 1 aliphatic heterocycles. The number of amides is 4. The van der Waals surface area contributed by atoms with Crippen LogP contribution in [0.5, 0.6) is 11.5 Å². The van der Waals surface area contributed by atoms with Gasteiger partial charge in [0.25, 0.3) is 11.8 Å². The molecule has 0 radical (unpaired) electrons. The van der Waals surface area contributed by atoms with Gasteiger partial charge < -0.3 is 9.47 Å². The van der Waals surface area contributed by atoms with Crippen molar-refractivity contribution in [2.75, 3.05) is 12.0 Å². The number of ether oxygens (including phenoxy) is 2. The average molecular weight is 520 g/mol. The summed E-state index contributed by atoms with van der Waals surface area (Å²) in [6.45, 7) is 5.61. The van der Waals surface area contributed by atoms with Gasteiger partial charge >= 0.3 is 6.03 Å². The maximum atomic E-state index is 13.1. The highest BCUT2D eigenvalue weighted by molar-refractivity contribution is 14.1. The van der Waals surface area contributed by atoms with Crippen LogP contribution < -0.4 is 19.7 Å². The molecule has 2 aromatic carbocycles. The number of carbonyl (C=O) groups is 3. The smallest absolute Gasteiger partial charge is 0.335 e. The fourth-order valence-electron chi connectivity index (χ4n) is 3.03. The van der Waals surface area contributed by atoms with Crippen LogP contribution in [0.15, 0.2) is 42.0 Å². The third-order valence-electron chi connectivity index (χ3n) is 4.37. The highest BCUT2D eigenvalue weighted by atomic mass is 127. The van der Waals surface area contributed by atoms with Gasteiger partial charge in [0.2, 0.25) is 0 Å². The topological polar surface area (TPSA) is 84.9 Å². The number of urea groups is 1. The molecule has 1 aliphatic rings. The second-order valence-electron chi connectivity index (χ2n) is 6.95. The number of anilines is 1. The van der Waals surface area contributed by atoms with E-state index in [1.807, 2.05) is 19.9 Å². The van der Waals surface area contributed by atoms with Crippen LogP contribution >= 0.6 is 22.6 Å². The number of benzene rings is 2. The van der Waals surface area contributed by atoms with Crippen molar-refractivity contribution in [2.45, 2.75) is 26.9 Å². The summed E-state index contributed by atoms with van der Waals surface area (Å²) in [6.07, 6.45) is 1.40. The quantitative estimate of drug-likeness (QED) is 0.365. The first-order chi connectivity index (χ1) is 14.2. The molecular formula is C22H21IN2O5. The van der Waals surface area contributed by atoms with Crippen molar-refractivity contribution in [1.82, 2.24) is 5.32 Å². The molecule has 3 rings (SSSR count). The molecule has 2 aromatic rings. The first kappa shape index (κ1) is 21.8. The Labute approximate surface area is 188 Å². The van der Waals surface area contributed by atoms with E-state index in [9.17, 15) is 14.4 Å². The van der Waals surface area contributed by atoms with Gasteiger partial charge in [-0.15, -0.1) is 0 Å². The number of halogens is 1. The van der Waals surface area contributed by atoms with Gasteiger partial charge in [0.05, 0.1) is 22.5 Å². The molecule has 30 heavy (non-hydrogen) atoms. The SMILES string of the molecule is COc1cc(/C=C2\C(=O)NC(=O)N(c3ccccc3C)C2=O)cc(I)c1OC(C)C. The van der Waals surface area contributed by atoms with E-state index in [2.05, 4.69) is 27.9 Å². The molecule has 0 spiro atoms. The number of nitrogens with zero attached hydrogens (tertiary/aromatic N) is 1. The number of rotatable bonds is 5. The normalized spacial score (nSPS) is 15.6. The zero-order valence-electron chi connectivity index (χ0n) is 17.0. The Hall–Kier alpha value is -2.88. The predicted molar refractivity (Wildman–Crippen MR) is 122 cm³/mol. The first-order valence-corrected chi connectivity index (χ1v) is 10.3. The van der Waals surface area contributed by atoms with Gasteiger partial charge in [-0.2, -0.15) is 0 Å². The highest BCUT2D eigenvalue weighted by Crippen LogP contribution is 2.35. The lowest BCUT2D eigenvalue weighted by Crippen LogP contribution is -2.54. The Morgan fingerprint density at radius 3 is 2.47 bits per heavy atom. The van der Waals surface area contributed by atoms with Crippen LogP contribution in [0, 0.1) is 10.5 Å². The van der Waals surface area contributed by atoms with Gasteiger partial charge in [-0.1, -0.05) is 18.2 Å². The van der Waals surface area contributed by atoms with E-state index in [-0.39, 0.29) is 11.7 Å². The summed E-state index contributed by atoms with van der Waals surface area (Å²) in [5.41, 5.74) is 1.59. The largest absolute Gasteiger partial charge is 0.493 e. The van der Waals surface area contributed by atoms with E-state index in [4.69, 9.17) is 9.47 Å². The minimum absolute atomic E-state index is 0.0454. The molecule has 0 bridgehead atoms. The fraction of sp³-hybridized carbons (Fsp3) is 0.227. The number of barbiturate groups is 1. The molecule has 156 valence electrons. The second-order valence-corrected chi connectivity index (χ2v) is 8.11. The summed E-state index contributed by atoms with van der Waals surface area (Å²) in [6, 6.07) is 9.67. The number of hydrogen-bond acceptors (Lipinski definition) is 5. The third kappa shape index (κ3) is 4.33. The summed E-state index contributed by atoms with van der Waals surface area (Å²) in [7, 11) is 1.52. The molecule has 1 saturated heterocycles. The number of hydrogen-bond donors (Lipinski definition) is 1. The standard InChI is InChI=1S/C22H21IN2O5/c1-12(2)30-19-16(23)10-14(11-18(19)29-4)9-15-20(26)24-22(28)25(21(15)27)17-8-6-5-7-13(17)3/h5-12H,1-4H3,(H,24,26,28)/b15-9+. The van der Waals surface area contributed by atoms with Crippen molar-refractivity contribution in [3.63, 3.8) is 0 Å². The van der Waals surface area contributed by atoms with Crippen molar-refractivity contribution in [1.29, 1.82) is 0 Å². The van der Waals surface area contributed by atoms with Crippen molar-refractivity contribution >= 4 is 52.2 Å². The van der Waals surface area contributed by atoms with Crippen molar-refractivity contribution in [2.24, 2.45) is 0 Å². The number of nitrogens with one attached hydrogen (secondary N) is 1. The van der Waals surface area contributed by atoms with Crippen LogP contribution in [0.25, 0.3) is 6.08 Å². The molecule has 1 heterocycles. The lowest BCUT2D eigenvalue weighted by atomic mass is 10.1. The summed E-state index contributed by atoms with van der Waals surface area (Å²) < 4.78 is 12.0. The number of aryl methyl sites for hydroxylation is 1. The Bertz CT molecular complexity index is 1060. The third-order valence-corrected chi connectivity index (χ3v) is 5.18. The van der Waals surface area contributed by atoms with E-state index in [0.717, 1.165) is 14.0 Å². The van der Waals surface area contributed by atoms with Gasteiger partial charge in [-0.3, -0.25) is 14.9 Å². The van der Waals surface area contributed by atoms with Crippen LogP contribution in [0.2, 0.25) is 0 Å². The summed E-state index contributed by atoms with van der Waals surface area (Å²) in [4.78, 5) is 38.8. The Morgan fingerprint density at radius 2 is 1.83 bits per heavy atom. The molecule has 4 amide bonds. The molecule has 8 heteroatoms. The monoisotopic (exact) mass is 520 g/mol. The lowest BCUT2D eigenvalue weighted by molar-refractivity contribution is -0.122. The number of para-hydroxylation sites is 1. The van der Waals surface area contributed by atoms with Crippen molar-refractivity contribution < 1.29 is 23.9 Å². The maximum absolute atomic E-state index is 13.1. The molecule has 0 atom stereocenters. The molecule has 0 saturated carbocycles. The molecule has 1 N–H and O–H groups in total. The lowest BCUT2D eigenvalue weighted by Gasteiger charge is -2.27. The highest BCUT2D eigenvalue weighted by Gasteiger charge is 2.37. The van der Waals surface area contributed by atoms with Gasteiger partial charge in [0, 0.05) is 0 Å². The molecule has 1 fully saturated rings. The van der Waals surface area contributed by atoms with Gasteiger partial charge in [-0.25, -0.2) is 9.69 Å². The van der Waals surface area contributed by atoms with E-state index >= 15 is 0 Å². The van der Waals surface area contributed by atoms with Gasteiger partial charge in [-0.05, 0) is 78.8 Å². The van der Waals surface area contributed by atoms with Crippen molar-refractivity contribution in [3.8, 4) is 11.5 Å². The Kier molecular flexibility index (Phi) is 6.45. The minimum atomic E-state index is -0.774. The Morgan fingerprint density at radius 1 is 1.13 bits per heavy atom. The van der Waals surface area contributed by atoms with Crippen LogP contribution in [-0.2, 0) is 9.59 Å². The summed E-state index contributed by atoms with van der Waals surface area (Å²) >= 11 is 2.11. The molecule has 7 nitrogen and oxygen atoms in total. The molecule has 0 aromatic heterocycles. The van der Waals surface area contributed by atoms with Crippen LogP contribution in [0.4, 0.5) is 10.5 Å². The Balaban J connectivity index is 2.05. The van der Waals surface area contributed by atoms with Crippen LogP contribution in [0.1, 0.15) is 25.0 Å². The molecule has 0 aliphatic carbocycles. The van der Waals surface area contributed by atoms with E-state index in [1.165, 1.54) is 13.2 Å². The van der Waals surface area contributed by atoms with Gasteiger partial charge in [0.1, 0.15) is 5.57 Å². The van der Waals surface area contributed by atoms with Crippen LogP contribution in [0.3, 0.4) is 0 Å². The zero-order chi connectivity index (χ0) is 22.0. The molecule has 0 unspecified atom stereocenters. The van der Waals surface area contributed by atoms with E-state index in [0.29, 0.717) is 22.7 Å². The number of methoxy groups -OCH3 is 1. The van der Waals surface area contributed by atoms with Crippen molar-refractivity contribution in [3.05, 3.63) is 56.7 Å². The van der Waals surface area contributed by atoms with Gasteiger partial charge in [0.15, 0.2) is 11.5 Å². The van der Waals surface area contributed by atoms with Crippen LogP contribution in [-0.4, -0.2) is 31.1 Å². The average Bonchev–Trinajstić information content (AvgIpc) is 2.68. The maximum Gasteiger partial charge on any atom is 0.335 e. The first-order valence-electron chi connectivity index (χ1n) is 9.24. The number of carbonyl (C=O) groups excluding carboxylic acids is 3. The molecular weight excluding hydrogens is 499 g/mol. The number of imide groups is 2. The zero-order valence-corrected chi connectivity index (χ0v) is 19.1. The fourth-order valence-corrected chi connectivity index (χ4v) is 3.78. The predicted octanol–water partition coefficient (Wildman–Crippen LogP) is 4.06. The second kappa shape index (κ2) is 8.86. The minimum Gasteiger partial charge on any atom is -0.493 e.